The van der Waals surface area contributed by atoms with E-state index in [1.54, 1.807) is 16.4 Å². The Morgan fingerprint density at radius 1 is 1.48 bits per heavy atom. The first-order valence-corrected chi connectivity index (χ1v) is 9.25. The number of amides is 1. The van der Waals surface area contributed by atoms with Gasteiger partial charge in [-0.15, -0.1) is 11.3 Å². The van der Waals surface area contributed by atoms with Gasteiger partial charge in [0.1, 0.15) is 0 Å². The second-order valence-corrected chi connectivity index (χ2v) is 7.66. The Balaban J connectivity index is 1.53. The highest BCUT2D eigenvalue weighted by molar-refractivity contribution is 7.09. The molecule has 4 rings (SSSR count). The third-order valence-electron chi connectivity index (χ3n) is 5.31. The molecule has 0 aromatic carbocycles. The number of aromatic nitrogens is 1. The quantitative estimate of drug-likeness (QED) is 0.838. The summed E-state index contributed by atoms with van der Waals surface area (Å²) in [5.41, 5.74) is 2.57. The Bertz CT molecular complexity index is 587. The van der Waals surface area contributed by atoms with E-state index in [4.69, 9.17) is 9.57 Å². The first-order chi connectivity index (χ1) is 11.2. The Morgan fingerprint density at radius 2 is 2.39 bits per heavy atom. The second kappa shape index (κ2) is 6.12. The fraction of sp³-hybridized carbons (Fsp3) is 0.750. The van der Waals surface area contributed by atoms with Crippen molar-refractivity contribution in [1.82, 2.24) is 14.9 Å². The van der Waals surface area contributed by atoms with Crippen LogP contribution in [0.25, 0.3) is 0 Å². The number of nitrogens with zero attached hydrogens (tertiary/aromatic N) is 3. The van der Waals surface area contributed by atoms with Gasteiger partial charge < -0.3 is 4.74 Å². The summed E-state index contributed by atoms with van der Waals surface area (Å²) in [6, 6.07) is 0. The maximum atomic E-state index is 13.1. The van der Waals surface area contributed by atoms with Gasteiger partial charge in [0.2, 0.25) is 0 Å². The van der Waals surface area contributed by atoms with Crippen LogP contribution in [0, 0.1) is 12.3 Å². The molecule has 3 fully saturated rings. The lowest BCUT2D eigenvalue weighted by Crippen LogP contribution is -2.57. The zero-order valence-corrected chi connectivity index (χ0v) is 14.3. The van der Waals surface area contributed by atoms with E-state index in [0.717, 1.165) is 44.6 Å². The molecule has 3 aliphatic rings. The van der Waals surface area contributed by atoms with Crippen LogP contribution >= 0.6 is 11.3 Å². The minimum atomic E-state index is -0.429. The molecule has 126 valence electrons. The molecule has 0 bridgehead atoms. The molecule has 7 heteroatoms. The number of carbonyl (C=O) groups excluding carboxylic acids is 1. The van der Waals surface area contributed by atoms with Crippen molar-refractivity contribution in [2.45, 2.75) is 38.8 Å². The molecule has 0 saturated carbocycles. The maximum Gasteiger partial charge on any atom is 0.256 e. The van der Waals surface area contributed by atoms with Crippen molar-refractivity contribution in [3.05, 3.63) is 16.1 Å². The highest BCUT2D eigenvalue weighted by Crippen LogP contribution is 2.43. The molecule has 1 amide bonds. The number of fused-ring (bicyclic) bond motifs is 1. The van der Waals surface area contributed by atoms with Gasteiger partial charge in [-0.25, -0.2) is 10.0 Å². The van der Waals surface area contributed by atoms with Gasteiger partial charge in [-0.2, -0.15) is 0 Å². The van der Waals surface area contributed by atoms with Crippen LogP contribution in [0.5, 0.6) is 0 Å². The number of hydrogen-bond acceptors (Lipinski definition) is 6. The molecule has 23 heavy (non-hydrogen) atoms. The minimum Gasteiger partial charge on any atom is -0.377 e. The van der Waals surface area contributed by atoms with E-state index in [0.29, 0.717) is 19.8 Å². The standard InChI is InChI=1S/C16H23N3O3S/c1-12-13(23-11-17-12)9-18-6-3-14-16(10-18,4-8-21-14)15(20)19-5-2-7-22-19/h11,14H,2-10H2,1H3/t14-,16-/m1/s1. The van der Waals surface area contributed by atoms with Gasteiger partial charge in [0.25, 0.3) is 5.91 Å². The summed E-state index contributed by atoms with van der Waals surface area (Å²) in [6.45, 7) is 6.69. The van der Waals surface area contributed by atoms with E-state index in [-0.39, 0.29) is 12.0 Å². The van der Waals surface area contributed by atoms with Crippen LogP contribution in [0.4, 0.5) is 0 Å². The average Bonchev–Trinajstić information content (AvgIpc) is 3.28. The molecule has 0 radical (unpaired) electrons. The molecule has 3 saturated heterocycles. The molecule has 2 atom stereocenters. The van der Waals surface area contributed by atoms with Crippen molar-refractivity contribution in [3.63, 3.8) is 0 Å². The van der Waals surface area contributed by atoms with Gasteiger partial charge >= 0.3 is 0 Å². The lowest BCUT2D eigenvalue weighted by Gasteiger charge is -2.43. The fourth-order valence-electron chi connectivity index (χ4n) is 4.01. The van der Waals surface area contributed by atoms with Crippen LogP contribution in [-0.2, 0) is 20.9 Å². The van der Waals surface area contributed by atoms with E-state index < -0.39 is 5.41 Å². The van der Waals surface area contributed by atoms with Gasteiger partial charge in [0.15, 0.2) is 0 Å². The molecule has 3 aliphatic heterocycles. The van der Waals surface area contributed by atoms with Crippen molar-refractivity contribution in [2.75, 3.05) is 32.8 Å². The average molecular weight is 337 g/mol. The summed E-state index contributed by atoms with van der Waals surface area (Å²) in [5.74, 6) is 0.128. The number of hydrogen-bond donors (Lipinski definition) is 0. The first-order valence-electron chi connectivity index (χ1n) is 8.37. The van der Waals surface area contributed by atoms with E-state index >= 15 is 0 Å². The molecular weight excluding hydrogens is 314 g/mol. The minimum absolute atomic E-state index is 0.0398. The zero-order chi connectivity index (χ0) is 15.9. The molecular formula is C16H23N3O3S. The van der Waals surface area contributed by atoms with Crippen LogP contribution in [0.15, 0.2) is 5.51 Å². The molecule has 0 spiro atoms. The topological polar surface area (TPSA) is 54.9 Å². The third kappa shape index (κ3) is 2.69. The Kier molecular flexibility index (Phi) is 4.13. The summed E-state index contributed by atoms with van der Waals surface area (Å²) >= 11 is 1.70. The number of thiazole rings is 1. The smallest absolute Gasteiger partial charge is 0.256 e. The number of hydroxylamine groups is 2. The molecule has 1 aromatic heterocycles. The van der Waals surface area contributed by atoms with Gasteiger partial charge in [0.05, 0.1) is 35.9 Å². The van der Waals surface area contributed by atoms with Crippen molar-refractivity contribution >= 4 is 17.2 Å². The number of rotatable bonds is 3. The van der Waals surface area contributed by atoms with Crippen molar-refractivity contribution in [3.8, 4) is 0 Å². The lowest BCUT2D eigenvalue weighted by atomic mass is 9.75. The van der Waals surface area contributed by atoms with Crippen molar-refractivity contribution in [2.24, 2.45) is 5.41 Å². The van der Waals surface area contributed by atoms with Gasteiger partial charge in [-0.05, 0) is 26.2 Å². The number of likely N-dealkylation sites (tertiary alicyclic amines) is 1. The monoisotopic (exact) mass is 337 g/mol. The summed E-state index contributed by atoms with van der Waals surface area (Å²) in [7, 11) is 0. The Labute approximate surface area is 140 Å². The maximum absolute atomic E-state index is 13.1. The van der Waals surface area contributed by atoms with Crippen LogP contribution in [0.3, 0.4) is 0 Å². The molecule has 1 aromatic rings. The largest absolute Gasteiger partial charge is 0.377 e. The second-order valence-electron chi connectivity index (χ2n) is 6.72. The number of piperidine rings is 1. The summed E-state index contributed by atoms with van der Waals surface area (Å²) in [4.78, 5) is 26.7. The van der Waals surface area contributed by atoms with Gasteiger partial charge in [0, 0.05) is 31.1 Å². The van der Waals surface area contributed by atoms with Gasteiger partial charge in [-0.1, -0.05) is 0 Å². The zero-order valence-electron chi connectivity index (χ0n) is 13.5. The third-order valence-corrected chi connectivity index (χ3v) is 6.23. The number of ether oxygens (including phenoxy) is 1. The van der Waals surface area contributed by atoms with Crippen LogP contribution in [0.1, 0.15) is 29.8 Å². The molecule has 4 heterocycles. The van der Waals surface area contributed by atoms with Crippen LogP contribution in [0.2, 0.25) is 0 Å². The van der Waals surface area contributed by atoms with E-state index in [2.05, 4.69) is 16.8 Å². The first kappa shape index (κ1) is 15.5. The summed E-state index contributed by atoms with van der Waals surface area (Å²) < 4.78 is 5.91. The SMILES string of the molecule is Cc1ncsc1CN1CC[C@H]2OCC[C@@]2(C(=O)N2CCCO2)C1. The van der Waals surface area contributed by atoms with E-state index in [1.165, 1.54) is 4.88 Å². The number of aryl methyl sites for hydroxylation is 1. The summed E-state index contributed by atoms with van der Waals surface area (Å²) in [5, 5.41) is 1.59. The normalized spacial score (nSPS) is 31.5. The van der Waals surface area contributed by atoms with Crippen molar-refractivity contribution in [1.29, 1.82) is 0 Å². The molecule has 0 N–H and O–H groups in total. The number of carbonyl (C=O) groups is 1. The van der Waals surface area contributed by atoms with Crippen molar-refractivity contribution < 1.29 is 14.4 Å². The molecule has 0 unspecified atom stereocenters. The predicted molar refractivity (Wildman–Crippen MR) is 85.8 cm³/mol. The fourth-order valence-corrected chi connectivity index (χ4v) is 4.82. The van der Waals surface area contributed by atoms with E-state index in [9.17, 15) is 4.79 Å². The molecule has 6 nitrogen and oxygen atoms in total. The predicted octanol–water partition coefficient (Wildman–Crippen LogP) is 1.60. The lowest BCUT2D eigenvalue weighted by molar-refractivity contribution is -0.187. The Morgan fingerprint density at radius 3 is 3.13 bits per heavy atom. The Hall–Kier alpha value is -1.02. The summed E-state index contributed by atoms with van der Waals surface area (Å²) in [6.07, 6.45) is 2.68. The van der Waals surface area contributed by atoms with Crippen LogP contribution in [-0.4, -0.2) is 59.8 Å². The van der Waals surface area contributed by atoms with E-state index in [1.807, 2.05) is 5.51 Å². The van der Waals surface area contributed by atoms with Gasteiger partial charge in [-0.3, -0.25) is 14.5 Å². The molecule has 0 aliphatic carbocycles. The highest BCUT2D eigenvalue weighted by Gasteiger charge is 2.55. The highest BCUT2D eigenvalue weighted by atomic mass is 32.1. The van der Waals surface area contributed by atoms with Crippen LogP contribution < -0.4 is 0 Å².